The van der Waals surface area contributed by atoms with E-state index in [4.69, 9.17) is 0 Å². The summed E-state index contributed by atoms with van der Waals surface area (Å²) in [4.78, 5) is 13.3. The van der Waals surface area contributed by atoms with Crippen molar-refractivity contribution in [1.29, 1.82) is 0 Å². The van der Waals surface area contributed by atoms with E-state index in [1.807, 2.05) is 37.1 Å². The van der Waals surface area contributed by atoms with Crippen molar-refractivity contribution in [2.24, 2.45) is 7.05 Å². The van der Waals surface area contributed by atoms with Gasteiger partial charge in [0.1, 0.15) is 11.6 Å². The maximum atomic E-state index is 4.48. The van der Waals surface area contributed by atoms with Gasteiger partial charge in [-0.05, 0) is 13.0 Å². The normalized spacial score (nSPS) is 15.9. The third kappa shape index (κ3) is 2.52. The van der Waals surface area contributed by atoms with Crippen molar-refractivity contribution in [2.75, 3.05) is 36.0 Å². The molecule has 3 rings (SSSR count). The molecule has 6 nitrogen and oxygen atoms in total. The summed E-state index contributed by atoms with van der Waals surface area (Å²) in [6.07, 6.45) is 5.81. The van der Waals surface area contributed by atoms with E-state index in [1.54, 1.807) is 0 Å². The average molecular weight is 258 g/mol. The highest BCUT2D eigenvalue weighted by molar-refractivity contribution is 5.46. The first kappa shape index (κ1) is 12.0. The number of anilines is 2. The first-order chi connectivity index (χ1) is 9.22. The molecule has 19 heavy (non-hydrogen) atoms. The van der Waals surface area contributed by atoms with Crippen LogP contribution in [0, 0.1) is 6.92 Å². The summed E-state index contributed by atoms with van der Waals surface area (Å²) in [5.74, 6) is 1.85. The summed E-state index contributed by atoms with van der Waals surface area (Å²) < 4.78 is 1.84. The molecule has 1 aliphatic heterocycles. The molecule has 0 radical (unpaired) electrons. The molecule has 0 spiro atoms. The SMILES string of the molecule is Cc1nccc(N2CCN(c3cnn(C)c3)CC2)n1. The minimum atomic E-state index is 0.826. The number of aryl methyl sites for hydroxylation is 2. The zero-order chi connectivity index (χ0) is 13.2. The minimum absolute atomic E-state index is 0.826. The number of hydrogen-bond donors (Lipinski definition) is 0. The number of rotatable bonds is 2. The fourth-order valence-electron chi connectivity index (χ4n) is 2.39. The topological polar surface area (TPSA) is 50.1 Å². The van der Waals surface area contributed by atoms with Gasteiger partial charge >= 0.3 is 0 Å². The Kier molecular flexibility index (Phi) is 3.06. The van der Waals surface area contributed by atoms with E-state index in [0.29, 0.717) is 0 Å². The maximum Gasteiger partial charge on any atom is 0.132 e. The first-order valence-electron chi connectivity index (χ1n) is 6.50. The monoisotopic (exact) mass is 258 g/mol. The van der Waals surface area contributed by atoms with Crippen molar-refractivity contribution in [3.63, 3.8) is 0 Å². The predicted octanol–water partition coefficient (Wildman–Crippen LogP) is 0.845. The fraction of sp³-hybridized carbons (Fsp3) is 0.462. The molecule has 1 fully saturated rings. The van der Waals surface area contributed by atoms with Crippen LogP contribution in [0.25, 0.3) is 0 Å². The van der Waals surface area contributed by atoms with E-state index >= 15 is 0 Å². The molecule has 2 aromatic heterocycles. The van der Waals surface area contributed by atoms with E-state index in [2.05, 4.69) is 31.1 Å². The van der Waals surface area contributed by atoms with Crippen molar-refractivity contribution >= 4 is 11.5 Å². The molecular weight excluding hydrogens is 240 g/mol. The predicted molar refractivity (Wildman–Crippen MR) is 74.4 cm³/mol. The lowest BCUT2D eigenvalue weighted by Gasteiger charge is -2.35. The minimum Gasteiger partial charge on any atom is -0.365 e. The second-order valence-corrected chi connectivity index (χ2v) is 4.81. The number of hydrogen-bond acceptors (Lipinski definition) is 5. The summed E-state index contributed by atoms with van der Waals surface area (Å²) in [6.45, 7) is 5.87. The second-order valence-electron chi connectivity index (χ2n) is 4.81. The Morgan fingerprint density at radius 3 is 2.47 bits per heavy atom. The van der Waals surface area contributed by atoms with Crippen molar-refractivity contribution in [2.45, 2.75) is 6.92 Å². The number of aromatic nitrogens is 4. The van der Waals surface area contributed by atoms with Crippen LogP contribution in [0.2, 0.25) is 0 Å². The molecule has 1 aliphatic rings. The smallest absolute Gasteiger partial charge is 0.132 e. The summed E-state index contributed by atoms with van der Waals surface area (Å²) in [5, 5.41) is 4.22. The van der Waals surface area contributed by atoms with Crippen molar-refractivity contribution in [3.05, 3.63) is 30.5 Å². The molecule has 0 aliphatic carbocycles. The van der Waals surface area contributed by atoms with Crippen molar-refractivity contribution in [1.82, 2.24) is 19.7 Å². The van der Waals surface area contributed by atoms with Gasteiger partial charge in [0, 0.05) is 45.6 Å². The lowest BCUT2D eigenvalue weighted by Crippen LogP contribution is -2.46. The van der Waals surface area contributed by atoms with E-state index in [9.17, 15) is 0 Å². The van der Waals surface area contributed by atoms with Crippen LogP contribution in [0.1, 0.15) is 5.82 Å². The Hall–Kier alpha value is -2.11. The molecule has 6 heteroatoms. The van der Waals surface area contributed by atoms with Crippen LogP contribution in [-0.2, 0) is 7.05 Å². The Morgan fingerprint density at radius 2 is 1.84 bits per heavy atom. The Balaban J connectivity index is 1.66. The highest BCUT2D eigenvalue weighted by atomic mass is 15.3. The van der Waals surface area contributed by atoms with E-state index in [0.717, 1.165) is 37.8 Å². The van der Waals surface area contributed by atoms with Crippen molar-refractivity contribution in [3.8, 4) is 0 Å². The van der Waals surface area contributed by atoms with Crippen LogP contribution >= 0.6 is 0 Å². The fourth-order valence-corrected chi connectivity index (χ4v) is 2.39. The van der Waals surface area contributed by atoms with Gasteiger partial charge in [0.25, 0.3) is 0 Å². The molecule has 0 atom stereocenters. The zero-order valence-corrected chi connectivity index (χ0v) is 11.3. The van der Waals surface area contributed by atoms with E-state index in [1.165, 1.54) is 5.69 Å². The van der Waals surface area contributed by atoms with Gasteiger partial charge in [0.05, 0.1) is 11.9 Å². The Bertz CT molecular complexity index is 556. The third-order valence-electron chi connectivity index (χ3n) is 3.42. The van der Waals surface area contributed by atoms with E-state index < -0.39 is 0 Å². The van der Waals surface area contributed by atoms with Crippen LogP contribution in [0.15, 0.2) is 24.7 Å². The molecule has 0 N–H and O–H groups in total. The van der Waals surface area contributed by atoms with Crippen LogP contribution in [0.4, 0.5) is 11.5 Å². The molecule has 3 heterocycles. The van der Waals surface area contributed by atoms with Gasteiger partial charge in [0.2, 0.25) is 0 Å². The lowest BCUT2D eigenvalue weighted by atomic mass is 10.3. The molecule has 0 aromatic carbocycles. The molecule has 0 saturated carbocycles. The standard InChI is InChI=1S/C13H18N6/c1-11-14-4-3-13(16-11)19-7-5-18(6-8-19)12-9-15-17(2)10-12/h3-4,9-10H,5-8H2,1-2H3. The second kappa shape index (κ2) is 4.87. The molecule has 0 unspecified atom stereocenters. The van der Waals surface area contributed by atoms with Crippen LogP contribution in [0.5, 0.6) is 0 Å². The van der Waals surface area contributed by atoms with Crippen molar-refractivity contribution < 1.29 is 0 Å². The largest absolute Gasteiger partial charge is 0.365 e. The van der Waals surface area contributed by atoms with Gasteiger partial charge in [-0.1, -0.05) is 0 Å². The number of piperazine rings is 1. The summed E-state index contributed by atoms with van der Waals surface area (Å²) in [6, 6.07) is 1.98. The molecule has 0 amide bonds. The van der Waals surface area contributed by atoms with E-state index in [-0.39, 0.29) is 0 Å². The maximum absolute atomic E-state index is 4.48. The molecule has 0 bridgehead atoms. The highest BCUT2D eigenvalue weighted by Gasteiger charge is 2.19. The van der Waals surface area contributed by atoms with Crippen LogP contribution in [-0.4, -0.2) is 45.9 Å². The third-order valence-corrected chi connectivity index (χ3v) is 3.42. The van der Waals surface area contributed by atoms with Gasteiger partial charge in [-0.3, -0.25) is 4.68 Å². The quantitative estimate of drug-likeness (QED) is 0.799. The molecule has 100 valence electrons. The molecular formula is C13H18N6. The highest BCUT2D eigenvalue weighted by Crippen LogP contribution is 2.18. The van der Waals surface area contributed by atoms with Crippen LogP contribution < -0.4 is 9.80 Å². The zero-order valence-electron chi connectivity index (χ0n) is 11.3. The van der Waals surface area contributed by atoms with Gasteiger partial charge < -0.3 is 9.80 Å². The number of nitrogens with zero attached hydrogens (tertiary/aromatic N) is 6. The van der Waals surface area contributed by atoms with Gasteiger partial charge in [-0.25, -0.2) is 9.97 Å². The Morgan fingerprint density at radius 1 is 1.11 bits per heavy atom. The average Bonchev–Trinajstić information content (AvgIpc) is 2.86. The van der Waals surface area contributed by atoms with Crippen LogP contribution in [0.3, 0.4) is 0 Å². The summed E-state index contributed by atoms with van der Waals surface area (Å²) in [5.41, 5.74) is 1.20. The Labute approximate surface area is 112 Å². The van der Waals surface area contributed by atoms with Gasteiger partial charge in [-0.15, -0.1) is 0 Å². The summed E-state index contributed by atoms with van der Waals surface area (Å²) >= 11 is 0. The lowest BCUT2D eigenvalue weighted by molar-refractivity contribution is 0.645. The molecule has 2 aromatic rings. The molecule has 1 saturated heterocycles. The van der Waals surface area contributed by atoms with Gasteiger partial charge in [0.15, 0.2) is 0 Å². The first-order valence-corrected chi connectivity index (χ1v) is 6.50. The summed E-state index contributed by atoms with van der Waals surface area (Å²) in [7, 11) is 1.95. The van der Waals surface area contributed by atoms with Gasteiger partial charge in [-0.2, -0.15) is 5.10 Å².